The van der Waals surface area contributed by atoms with E-state index in [0.717, 1.165) is 0 Å². The van der Waals surface area contributed by atoms with Crippen LogP contribution in [-0.4, -0.2) is 27.5 Å². The van der Waals surface area contributed by atoms with Crippen LogP contribution >= 0.6 is 0 Å². The highest BCUT2D eigenvalue weighted by Crippen LogP contribution is 2.14. The van der Waals surface area contributed by atoms with Gasteiger partial charge in [-0.3, -0.25) is 4.79 Å². The molecule has 24 heavy (non-hydrogen) atoms. The van der Waals surface area contributed by atoms with Gasteiger partial charge in [-0.15, -0.1) is 0 Å². The van der Waals surface area contributed by atoms with Gasteiger partial charge in [0, 0.05) is 25.2 Å². The third kappa shape index (κ3) is 5.32. The standard InChI is InChI=1S/C16H17FN2O4S/c1-12(20)19-14-5-7-16(8-6-14)24(21,22)18-9-10-23-15-4-2-3-13(17)11-15/h2-8,11,18H,9-10H2,1H3,(H,19,20). The second kappa shape index (κ2) is 7.89. The van der Waals surface area contributed by atoms with E-state index in [9.17, 15) is 17.6 Å². The van der Waals surface area contributed by atoms with Gasteiger partial charge < -0.3 is 10.1 Å². The number of hydrogen-bond donors (Lipinski definition) is 2. The van der Waals surface area contributed by atoms with Crippen molar-refractivity contribution in [2.75, 3.05) is 18.5 Å². The van der Waals surface area contributed by atoms with Crippen LogP contribution in [0.1, 0.15) is 6.92 Å². The van der Waals surface area contributed by atoms with E-state index < -0.39 is 15.8 Å². The molecule has 2 N–H and O–H groups in total. The maximum absolute atomic E-state index is 13.0. The van der Waals surface area contributed by atoms with Gasteiger partial charge in [0.05, 0.1) is 4.90 Å². The molecule has 0 fully saturated rings. The van der Waals surface area contributed by atoms with Gasteiger partial charge in [0.15, 0.2) is 0 Å². The zero-order valence-corrected chi connectivity index (χ0v) is 13.8. The van der Waals surface area contributed by atoms with Crippen LogP contribution in [0.5, 0.6) is 5.75 Å². The number of anilines is 1. The number of hydrogen-bond acceptors (Lipinski definition) is 4. The highest BCUT2D eigenvalue weighted by atomic mass is 32.2. The monoisotopic (exact) mass is 352 g/mol. The van der Waals surface area contributed by atoms with Crippen LogP contribution in [-0.2, 0) is 14.8 Å². The van der Waals surface area contributed by atoms with Crippen molar-refractivity contribution >= 4 is 21.6 Å². The predicted molar refractivity (Wildman–Crippen MR) is 87.8 cm³/mol. The Morgan fingerprint density at radius 3 is 2.50 bits per heavy atom. The topological polar surface area (TPSA) is 84.5 Å². The van der Waals surface area contributed by atoms with Gasteiger partial charge in [-0.2, -0.15) is 0 Å². The summed E-state index contributed by atoms with van der Waals surface area (Å²) in [4.78, 5) is 11.0. The summed E-state index contributed by atoms with van der Waals surface area (Å²) in [5, 5.41) is 2.55. The van der Waals surface area contributed by atoms with Crippen LogP contribution < -0.4 is 14.8 Å². The number of sulfonamides is 1. The van der Waals surface area contributed by atoms with Gasteiger partial charge in [-0.25, -0.2) is 17.5 Å². The highest BCUT2D eigenvalue weighted by Gasteiger charge is 2.13. The maximum atomic E-state index is 13.0. The Kier molecular flexibility index (Phi) is 5.88. The molecule has 0 aliphatic rings. The molecule has 2 aromatic carbocycles. The van der Waals surface area contributed by atoms with Crippen LogP contribution in [0.2, 0.25) is 0 Å². The molecule has 128 valence electrons. The van der Waals surface area contributed by atoms with Crippen molar-refractivity contribution in [3.05, 3.63) is 54.3 Å². The van der Waals surface area contributed by atoms with Crippen molar-refractivity contribution < 1.29 is 22.3 Å². The molecule has 0 saturated carbocycles. The molecule has 0 aromatic heterocycles. The van der Waals surface area contributed by atoms with Crippen molar-refractivity contribution in [1.29, 1.82) is 0 Å². The average molecular weight is 352 g/mol. The smallest absolute Gasteiger partial charge is 0.240 e. The molecular formula is C16H17FN2O4S. The molecule has 0 aliphatic carbocycles. The Morgan fingerprint density at radius 2 is 1.88 bits per heavy atom. The molecule has 0 atom stereocenters. The number of amides is 1. The van der Waals surface area contributed by atoms with E-state index in [1.807, 2.05) is 0 Å². The first-order chi connectivity index (χ1) is 11.4. The minimum Gasteiger partial charge on any atom is -0.492 e. The molecule has 0 unspecified atom stereocenters. The molecule has 8 heteroatoms. The maximum Gasteiger partial charge on any atom is 0.240 e. The largest absolute Gasteiger partial charge is 0.492 e. The Hall–Kier alpha value is -2.45. The van der Waals surface area contributed by atoms with Crippen molar-refractivity contribution in [3.8, 4) is 5.75 Å². The third-order valence-electron chi connectivity index (χ3n) is 2.94. The highest BCUT2D eigenvalue weighted by molar-refractivity contribution is 7.89. The minimum atomic E-state index is -3.68. The summed E-state index contributed by atoms with van der Waals surface area (Å²) >= 11 is 0. The second-order valence-electron chi connectivity index (χ2n) is 4.91. The minimum absolute atomic E-state index is 0.0340. The van der Waals surface area contributed by atoms with Crippen molar-refractivity contribution in [2.24, 2.45) is 0 Å². The van der Waals surface area contributed by atoms with Gasteiger partial charge in [0.2, 0.25) is 15.9 Å². The molecule has 0 spiro atoms. The van der Waals surface area contributed by atoms with Crippen molar-refractivity contribution in [3.63, 3.8) is 0 Å². The van der Waals surface area contributed by atoms with Crippen molar-refractivity contribution in [2.45, 2.75) is 11.8 Å². The Balaban J connectivity index is 1.88. The normalized spacial score (nSPS) is 11.1. The molecule has 0 saturated heterocycles. The fourth-order valence-corrected chi connectivity index (χ4v) is 2.92. The number of rotatable bonds is 7. The lowest BCUT2D eigenvalue weighted by Gasteiger charge is -2.09. The number of ether oxygens (including phenoxy) is 1. The third-order valence-corrected chi connectivity index (χ3v) is 4.42. The van der Waals surface area contributed by atoms with E-state index >= 15 is 0 Å². The van der Waals surface area contributed by atoms with Crippen LogP contribution in [0.4, 0.5) is 10.1 Å². The lowest BCUT2D eigenvalue weighted by molar-refractivity contribution is -0.114. The van der Waals surface area contributed by atoms with E-state index in [1.165, 1.54) is 49.4 Å². The zero-order valence-electron chi connectivity index (χ0n) is 13.0. The molecular weight excluding hydrogens is 335 g/mol. The van der Waals surface area contributed by atoms with E-state index in [0.29, 0.717) is 11.4 Å². The van der Waals surface area contributed by atoms with Crippen LogP contribution in [0.3, 0.4) is 0 Å². The number of nitrogens with one attached hydrogen (secondary N) is 2. The first kappa shape index (κ1) is 17.9. The molecule has 1 amide bonds. The summed E-state index contributed by atoms with van der Waals surface area (Å²) in [5.41, 5.74) is 0.510. The Labute approximate surface area is 139 Å². The van der Waals surface area contributed by atoms with Gasteiger partial charge in [-0.1, -0.05) is 6.07 Å². The summed E-state index contributed by atoms with van der Waals surface area (Å²) in [6.07, 6.45) is 0. The predicted octanol–water partition coefficient (Wildman–Crippen LogP) is 2.14. The van der Waals surface area contributed by atoms with Gasteiger partial charge in [0.25, 0.3) is 0 Å². The van der Waals surface area contributed by atoms with E-state index in [1.54, 1.807) is 6.07 Å². The van der Waals surface area contributed by atoms with Gasteiger partial charge in [0.1, 0.15) is 18.2 Å². The SMILES string of the molecule is CC(=O)Nc1ccc(S(=O)(=O)NCCOc2cccc(F)c2)cc1. The number of carbonyl (C=O) groups is 1. The van der Waals surface area contributed by atoms with E-state index in [-0.39, 0.29) is 24.0 Å². The average Bonchev–Trinajstić information content (AvgIpc) is 2.52. The Bertz CT molecular complexity index is 807. The molecule has 0 bridgehead atoms. The van der Waals surface area contributed by atoms with Crippen molar-refractivity contribution in [1.82, 2.24) is 4.72 Å². The number of halogens is 1. The summed E-state index contributed by atoms with van der Waals surface area (Å²) in [5.74, 6) is -0.334. The number of benzene rings is 2. The summed E-state index contributed by atoms with van der Waals surface area (Å²) in [7, 11) is -3.68. The van der Waals surface area contributed by atoms with Crippen LogP contribution in [0.25, 0.3) is 0 Å². The van der Waals surface area contributed by atoms with Gasteiger partial charge in [-0.05, 0) is 36.4 Å². The lowest BCUT2D eigenvalue weighted by atomic mass is 10.3. The molecule has 0 radical (unpaired) electrons. The first-order valence-electron chi connectivity index (χ1n) is 7.12. The lowest BCUT2D eigenvalue weighted by Crippen LogP contribution is -2.28. The molecule has 6 nitrogen and oxygen atoms in total. The fourth-order valence-electron chi connectivity index (χ4n) is 1.91. The molecule has 0 aliphatic heterocycles. The molecule has 2 aromatic rings. The number of carbonyl (C=O) groups excluding carboxylic acids is 1. The Morgan fingerprint density at radius 1 is 1.17 bits per heavy atom. The molecule has 0 heterocycles. The summed E-state index contributed by atoms with van der Waals surface area (Å²) in [6, 6.07) is 11.4. The quantitative estimate of drug-likeness (QED) is 0.748. The van der Waals surface area contributed by atoms with E-state index in [2.05, 4.69) is 10.0 Å². The van der Waals surface area contributed by atoms with Crippen LogP contribution in [0, 0.1) is 5.82 Å². The fraction of sp³-hybridized carbons (Fsp3) is 0.188. The van der Waals surface area contributed by atoms with Gasteiger partial charge >= 0.3 is 0 Å². The zero-order chi connectivity index (χ0) is 17.6. The summed E-state index contributed by atoms with van der Waals surface area (Å²) in [6.45, 7) is 1.46. The van der Waals surface area contributed by atoms with Crippen LogP contribution in [0.15, 0.2) is 53.4 Å². The molecule has 2 rings (SSSR count). The first-order valence-corrected chi connectivity index (χ1v) is 8.61. The van der Waals surface area contributed by atoms with E-state index in [4.69, 9.17) is 4.74 Å². The second-order valence-corrected chi connectivity index (χ2v) is 6.68. The summed E-state index contributed by atoms with van der Waals surface area (Å²) < 4.78 is 44.9.